The van der Waals surface area contributed by atoms with Gasteiger partial charge in [-0.1, -0.05) is 12.1 Å². The molecule has 0 bridgehead atoms. The molecular weight excluding hydrogens is 498 g/mol. The lowest BCUT2D eigenvalue weighted by Crippen LogP contribution is -2.17. The van der Waals surface area contributed by atoms with Crippen LogP contribution in [0.4, 0.5) is 31.5 Å². The number of nitroso groups, excluding NO2 is 2. The zero-order chi connectivity index (χ0) is 25.1. The predicted octanol–water partition coefficient (Wildman–Crippen LogP) is 4.37. The third kappa shape index (κ3) is 4.84. The minimum absolute atomic E-state index is 0.288. The molecule has 0 aliphatic carbocycles. The lowest BCUT2D eigenvalue weighted by molar-refractivity contribution is 0.402. The number of methoxy groups -OCH3 is 1. The van der Waals surface area contributed by atoms with Crippen molar-refractivity contribution in [2.24, 2.45) is 10.4 Å². The van der Waals surface area contributed by atoms with Crippen molar-refractivity contribution in [1.82, 2.24) is 0 Å². The molecule has 3 aromatic rings. The second-order valence-corrected chi connectivity index (χ2v) is 9.81. The average molecular weight is 512 g/mol. The molecule has 0 heterocycles. The van der Waals surface area contributed by atoms with E-state index in [1.807, 2.05) is 9.44 Å². The van der Waals surface area contributed by atoms with Crippen LogP contribution in [0.2, 0.25) is 0 Å². The maximum Gasteiger partial charge on any atom is 0.265 e. The Bertz CT molecular complexity index is 1500. The van der Waals surface area contributed by atoms with E-state index >= 15 is 0 Å². The summed E-state index contributed by atoms with van der Waals surface area (Å²) in [5.41, 5.74) is -2.58. The van der Waals surface area contributed by atoms with Crippen molar-refractivity contribution in [1.29, 1.82) is 0 Å². The van der Waals surface area contributed by atoms with E-state index in [1.54, 1.807) is 0 Å². The molecule has 0 unspecified atom stereocenters. The van der Waals surface area contributed by atoms with Crippen LogP contribution in [0.15, 0.2) is 74.7 Å². The summed E-state index contributed by atoms with van der Waals surface area (Å²) in [6.07, 6.45) is 0. The fourth-order valence-corrected chi connectivity index (χ4v) is 5.25. The van der Waals surface area contributed by atoms with Gasteiger partial charge in [-0.2, -0.15) is 0 Å². The van der Waals surface area contributed by atoms with Crippen molar-refractivity contribution in [3.63, 3.8) is 0 Å². The highest BCUT2D eigenvalue weighted by Crippen LogP contribution is 2.34. The van der Waals surface area contributed by atoms with Crippen molar-refractivity contribution in [3.8, 4) is 5.75 Å². The van der Waals surface area contributed by atoms with Crippen molar-refractivity contribution < 1.29 is 30.4 Å². The van der Waals surface area contributed by atoms with Gasteiger partial charge in [0.25, 0.3) is 20.0 Å². The smallest absolute Gasteiger partial charge is 0.265 e. The fraction of sp³-hybridized carbons (Fsp3) is 0.0526. The van der Waals surface area contributed by atoms with Crippen LogP contribution in [-0.4, -0.2) is 23.9 Å². The van der Waals surface area contributed by atoms with Crippen molar-refractivity contribution in [2.75, 3.05) is 16.6 Å². The van der Waals surface area contributed by atoms with E-state index in [-0.39, 0.29) is 5.75 Å². The molecule has 3 rings (SSSR count). The Kier molecular flexibility index (Phi) is 6.88. The van der Waals surface area contributed by atoms with Crippen LogP contribution in [0.25, 0.3) is 0 Å². The monoisotopic (exact) mass is 512 g/mol. The molecule has 0 radical (unpaired) electrons. The van der Waals surface area contributed by atoms with Gasteiger partial charge in [-0.05, 0) is 52.8 Å². The summed E-state index contributed by atoms with van der Waals surface area (Å²) in [4.78, 5) is 20.5. The number of benzene rings is 3. The number of anilines is 2. The SMILES string of the molecule is COc1ccc(S(=O)(=O)Nc2cccc(F)c2N=O)cc1S(=O)(=O)Nc1cccc(F)c1N=O. The van der Waals surface area contributed by atoms with Gasteiger partial charge in [0, 0.05) is 0 Å². The van der Waals surface area contributed by atoms with Crippen molar-refractivity contribution >= 4 is 42.8 Å². The maximum atomic E-state index is 13.8. The number of hydrogen-bond acceptors (Lipinski definition) is 9. The van der Waals surface area contributed by atoms with E-state index in [9.17, 15) is 35.4 Å². The minimum atomic E-state index is -4.64. The number of nitrogens with one attached hydrogen (secondary N) is 2. The number of halogens is 2. The fourth-order valence-electron chi connectivity index (χ4n) is 2.82. The van der Waals surface area contributed by atoms with Gasteiger partial charge in [0.15, 0.2) is 23.0 Å². The normalized spacial score (nSPS) is 11.5. The third-order valence-electron chi connectivity index (χ3n) is 4.38. The molecule has 0 saturated carbocycles. The lowest BCUT2D eigenvalue weighted by Gasteiger charge is -2.15. The molecule has 0 saturated heterocycles. The average Bonchev–Trinajstić information content (AvgIpc) is 2.78. The number of nitrogens with zero attached hydrogens (tertiary/aromatic N) is 2. The number of sulfonamides is 2. The Hall–Kier alpha value is -3.98. The first-order chi connectivity index (χ1) is 16.0. The van der Waals surface area contributed by atoms with E-state index in [0.29, 0.717) is 6.07 Å². The summed E-state index contributed by atoms with van der Waals surface area (Å²) in [6, 6.07) is 8.93. The van der Waals surface area contributed by atoms with E-state index in [4.69, 9.17) is 4.74 Å². The zero-order valence-electron chi connectivity index (χ0n) is 17.0. The lowest BCUT2D eigenvalue weighted by atomic mass is 10.3. The van der Waals surface area contributed by atoms with E-state index in [0.717, 1.165) is 55.6 Å². The van der Waals surface area contributed by atoms with Gasteiger partial charge < -0.3 is 4.74 Å². The molecule has 0 aliphatic heterocycles. The Labute approximate surface area is 191 Å². The molecule has 11 nitrogen and oxygen atoms in total. The molecule has 0 spiro atoms. The standard InChI is InChI=1S/C19H14F2N4O7S2/c1-32-16-9-8-11(33(28,29)24-14-6-2-4-12(20)18(14)22-26)10-17(16)34(30,31)25-15-7-3-5-13(21)19(15)23-27/h2-10,24-25H,1H3. The summed E-state index contributed by atoms with van der Waals surface area (Å²) in [5, 5.41) is 4.92. The third-order valence-corrected chi connectivity index (χ3v) is 7.13. The predicted molar refractivity (Wildman–Crippen MR) is 118 cm³/mol. The molecule has 15 heteroatoms. The van der Waals surface area contributed by atoms with Crippen molar-refractivity contribution in [3.05, 3.63) is 76.0 Å². The molecule has 0 aromatic heterocycles. The van der Waals surface area contributed by atoms with Crippen LogP contribution in [0.5, 0.6) is 5.75 Å². The van der Waals surface area contributed by atoms with Gasteiger partial charge in [0.1, 0.15) is 10.6 Å². The summed E-state index contributed by atoms with van der Waals surface area (Å²) in [6.45, 7) is 0. The maximum absolute atomic E-state index is 13.8. The first-order valence-electron chi connectivity index (χ1n) is 9.01. The number of rotatable bonds is 9. The molecule has 2 N–H and O–H groups in total. The summed E-state index contributed by atoms with van der Waals surface area (Å²) < 4.78 is 88.0. The Morgan fingerprint density at radius 3 is 1.74 bits per heavy atom. The Morgan fingerprint density at radius 2 is 1.26 bits per heavy atom. The molecule has 34 heavy (non-hydrogen) atoms. The molecule has 0 aliphatic rings. The second kappa shape index (κ2) is 9.48. The van der Waals surface area contributed by atoms with Gasteiger partial charge in [0.2, 0.25) is 0 Å². The molecule has 3 aromatic carbocycles. The van der Waals surface area contributed by atoms with Gasteiger partial charge in [0.05, 0.1) is 23.4 Å². The first-order valence-corrected chi connectivity index (χ1v) is 12.0. The molecule has 0 amide bonds. The van der Waals surface area contributed by atoms with Gasteiger partial charge in [-0.3, -0.25) is 9.44 Å². The minimum Gasteiger partial charge on any atom is -0.495 e. The van der Waals surface area contributed by atoms with Crippen LogP contribution < -0.4 is 14.2 Å². The van der Waals surface area contributed by atoms with Crippen LogP contribution in [-0.2, 0) is 20.0 Å². The largest absolute Gasteiger partial charge is 0.495 e. The molecule has 0 fully saturated rings. The van der Waals surface area contributed by atoms with E-state index < -0.39 is 64.2 Å². The van der Waals surface area contributed by atoms with Crippen LogP contribution >= 0.6 is 0 Å². The summed E-state index contributed by atoms with van der Waals surface area (Å²) in [7, 11) is -8.08. The van der Waals surface area contributed by atoms with Crippen LogP contribution in [0, 0.1) is 21.4 Å². The molecular formula is C19H14F2N4O7S2. The quantitative estimate of drug-likeness (QED) is 0.402. The highest BCUT2D eigenvalue weighted by atomic mass is 32.2. The van der Waals surface area contributed by atoms with Gasteiger partial charge in [-0.25, -0.2) is 25.6 Å². The summed E-state index contributed by atoms with van der Waals surface area (Å²) >= 11 is 0. The van der Waals surface area contributed by atoms with Crippen LogP contribution in [0.3, 0.4) is 0 Å². The van der Waals surface area contributed by atoms with Gasteiger partial charge in [-0.15, -0.1) is 9.81 Å². The topological polar surface area (TPSA) is 160 Å². The molecule has 178 valence electrons. The highest BCUT2D eigenvalue weighted by Gasteiger charge is 2.26. The van der Waals surface area contributed by atoms with Gasteiger partial charge >= 0.3 is 0 Å². The molecule has 0 atom stereocenters. The Balaban J connectivity index is 2.07. The van der Waals surface area contributed by atoms with E-state index in [2.05, 4.69) is 10.4 Å². The number of hydrogen-bond donors (Lipinski definition) is 2. The number of ether oxygens (including phenoxy) is 1. The van der Waals surface area contributed by atoms with E-state index in [1.165, 1.54) is 0 Å². The first kappa shape index (κ1) is 24.7. The van der Waals surface area contributed by atoms with Crippen molar-refractivity contribution in [2.45, 2.75) is 9.79 Å². The van der Waals surface area contributed by atoms with Crippen LogP contribution in [0.1, 0.15) is 0 Å². The Morgan fingerprint density at radius 1 is 0.765 bits per heavy atom. The second-order valence-electron chi connectivity index (χ2n) is 6.48. The zero-order valence-corrected chi connectivity index (χ0v) is 18.7. The summed E-state index contributed by atoms with van der Waals surface area (Å²) in [5.74, 6) is -2.45. The highest BCUT2D eigenvalue weighted by molar-refractivity contribution is 7.93.